The van der Waals surface area contributed by atoms with Gasteiger partial charge in [0.25, 0.3) is 0 Å². The number of hydrogen-bond donors (Lipinski definition) is 0. The van der Waals surface area contributed by atoms with Crippen molar-refractivity contribution in [1.82, 2.24) is 4.98 Å². The van der Waals surface area contributed by atoms with Gasteiger partial charge in [-0.15, -0.1) is 11.3 Å². The fourth-order valence-electron chi connectivity index (χ4n) is 2.74. The van der Waals surface area contributed by atoms with Gasteiger partial charge in [-0.3, -0.25) is 0 Å². The van der Waals surface area contributed by atoms with E-state index in [1.54, 1.807) is 22.4 Å². The number of benzene rings is 1. The zero-order valence-corrected chi connectivity index (χ0v) is 15.5. The van der Waals surface area contributed by atoms with Gasteiger partial charge in [0.15, 0.2) is 0 Å². The molecule has 0 atom stereocenters. The van der Waals surface area contributed by atoms with Crippen molar-refractivity contribution >= 4 is 29.0 Å². The quantitative estimate of drug-likeness (QED) is 0.761. The first-order chi connectivity index (χ1) is 12.6. The van der Waals surface area contributed by atoms with Crippen molar-refractivity contribution in [2.75, 3.05) is 32.5 Å². The predicted octanol–water partition coefficient (Wildman–Crippen LogP) is 2.51. The summed E-state index contributed by atoms with van der Waals surface area (Å²) in [4.78, 5) is 31.4. The lowest BCUT2D eigenvalue weighted by molar-refractivity contribution is -0.140. The molecule has 136 valence electrons. The van der Waals surface area contributed by atoms with E-state index in [9.17, 15) is 9.59 Å². The van der Waals surface area contributed by atoms with Crippen LogP contribution in [0.25, 0.3) is 10.4 Å². The van der Waals surface area contributed by atoms with Crippen LogP contribution in [0, 0.1) is 6.92 Å². The van der Waals surface area contributed by atoms with Crippen molar-refractivity contribution in [3.05, 3.63) is 46.7 Å². The topological polar surface area (TPSA) is 78.0 Å². The molecule has 0 fully saturated rings. The number of thiazole rings is 1. The highest BCUT2D eigenvalue weighted by molar-refractivity contribution is 7.15. The zero-order chi connectivity index (χ0) is 18.7. The number of carbonyl (C=O) groups excluding carboxylic acids is 2. The minimum atomic E-state index is -0.624. The molecule has 0 N–H and O–H groups in total. The number of anilines is 1. The van der Waals surface area contributed by atoms with Crippen LogP contribution in [0.15, 0.2) is 41.7 Å². The Hall–Kier alpha value is -2.71. The number of para-hydroxylation sites is 1. The molecule has 3 rings (SSSR count). The van der Waals surface area contributed by atoms with Gasteiger partial charge in [-0.2, -0.15) is 0 Å². The molecule has 2 aromatic rings. The molecule has 2 heterocycles. The first-order valence-electron chi connectivity index (χ1n) is 7.83. The number of nitrogens with zero attached hydrogens (tertiary/aromatic N) is 2. The first-order valence-corrected chi connectivity index (χ1v) is 8.65. The molecule has 0 saturated carbocycles. The monoisotopic (exact) mass is 374 g/mol. The van der Waals surface area contributed by atoms with Crippen molar-refractivity contribution < 1.29 is 23.8 Å². The molecule has 0 aliphatic carbocycles. The third kappa shape index (κ3) is 3.33. The lowest BCUT2D eigenvalue weighted by Gasteiger charge is -2.32. The number of rotatable bonds is 4. The number of aryl methyl sites for hydroxylation is 1. The van der Waals surface area contributed by atoms with Gasteiger partial charge in [-0.1, -0.05) is 18.2 Å². The number of methoxy groups -OCH3 is 2. The average Bonchev–Trinajstić information content (AvgIpc) is 3.12. The van der Waals surface area contributed by atoms with E-state index in [1.807, 2.05) is 31.2 Å². The van der Waals surface area contributed by atoms with Crippen LogP contribution in [0.3, 0.4) is 0 Å². The summed E-state index contributed by atoms with van der Waals surface area (Å²) < 4.78 is 15.2. The molecule has 0 unspecified atom stereocenters. The number of hydrogen-bond acceptors (Lipinski definition) is 8. The van der Waals surface area contributed by atoms with E-state index >= 15 is 0 Å². The van der Waals surface area contributed by atoms with Crippen LogP contribution in [0.1, 0.15) is 5.01 Å². The molecule has 8 heteroatoms. The van der Waals surface area contributed by atoms with E-state index in [0.717, 1.165) is 21.1 Å². The average molecular weight is 374 g/mol. The van der Waals surface area contributed by atoms with Gasteiger partial charge < -0.3 is 19.1 Å². The zero-order valence-electron chi connectivity index (χ0n) is 14.6. The number of ether oxygens (including phenoxy) is 3. The maximum absolute atomic E-state index is 12.4. The van der Waals surface area contributed by atoms with Gasteiger partial charge in [-0.25, -0.2) is 14.6 Å². The molecular weight excluding hydrogens is 356 g/mol. The third-order valence-electron chi connectivity index (χ3n) is 3.91. The molecule has 0 amide bonds. The van der Waals surface area contributed by atoms with E-state index in [1.165, 1.54) is 14.2 Å². The Labute approximate surface area is 154 Å². The second-order valence-corrected chi connectivity index (χ2v) is 6.71. The fourth-order valence-corrected chi connectivity index (χ4v) is 3.55. The van der Waals surface area contributed by atoms with E-state index in [0.29, 0.717) is 0 Å². The van der Waals surface area contributed by atoms with Crippen molar-refractivity contribution in [2.45, 2.75) is 6.92 Å². The van der Waals surface area contributed by atoms with Crippen LogP contribution >= 0.6 is 11.3 Å². The Balaban J connectivity index is 2.16. The SMILES string of the molecule is COC(=O)C1=C(C(=O)OC)N(c2ccccc2-c2cnc(C)s2)COC1. The van der Waals surface area contributed by atoms with Crippen LogP contribution in [0.2, 0.25) is 0 Å². The third-order valence-corrected chi connectivity index (χ3v) is 4.86. The van der Waals surface area contributed by atoms with Gasteiger partial charge in [0.1, 0.15) is 12.4 Å². The van der Waals surface area contributed by atoms with Gasteiger partial charge in [-0.05, 0) is 13.0 Å². The molecule has 26 heavy (non-hydrogen) atoms. The fraction of sp³-hybridized carbons (Fsp3) is 0.278. The summed E-state index contributed by atoms with van der Waals surface area (Å²) in [5.41, 5.74) is 1.85. The predicted molar refractivity (Wildman–Crippen MR) is 96.6 cm³/mol. The standard InChI is InChI=1S/C18H18N2O5S/c1-11-19-8-15(26-11)12-6-4-5-7-14(12)20-10-25-9-13(17(21)23-2)16(20)18(22)24-3/h4-8H,9-10H2,1-3H3. The minimum Gasteiger partial charge on any atom is -0.466 e. The highest BCUT2D eigenvalue weighted by Crippen LogP contribution is 2.37. The Kier molecular flexibility index (Phi) is 5.34. The van der Waals surface area contributed by atoms with Crippen molar-refractivity contribution in [3.8, 4) is 10.4 Å². The summed E-state index contributed by atoms with van der Waals surface area (Å²) >= 11 is 1.54. The van der Waals surface area contributed by atoms with Crippen LogP contribution < -0.4 is 4.90 Å². The molecule has 0 spiro atoms. The second kappa shape index (κ2) is 7.67. The molecule has 0 bridgehead atoms. The maximum atomic E-state index is 12.4. The Morgan fingerprint density at radius 2 is 1.92 bits per heavy atom. The normalized spacial score (nSPS) is 14.3. The molecular formula is C18H18N2O5S. The summed E-state index contributed by atoms with van der Waals surface area (Å²) in [5, 5.41) is 0.934. The molecule has 0 saturated heterocycles. The van der Waals surface area contributed by atoms with Gasteiger partial charge >= 0.3 is 11.9 Å². The highest BCUT2D eigenvalue weighted by Gasteiger charge is 2.33. The van der Waals surface area contributed by atoms with Gasteiger partial charge in [0.2, 0.25) is 0 Å². The van der Waals surface area contributed by atoms with Crippen molar-refractivity contribution in [2.24, 2.45) is 0 Å². The lowest BCUT2D eigenvalue weighted by Crippen LogP contribution is -2.39. The van der Waals surface area contributed by atoms with Crippen LogP contribution in [0.4, 0.5) is 5.69 Å². The molecule has 1 aromatic heterocycles. The molecule has 0 radical (unpaired) electrons. The lowest BCUT2D eigenvalue weighted by atomic mass is 10.1. The van der Waals surface area contributed by atoms with E-state index < -0.39 is 11.9 Å². The largest absolute Gasteiger partial charge is 0.466 e. The van der Waals surface area contributed by atoms with Crippen LogP contribution in [0.5, 0.6) is 0 Å². The Morgan fingerprint density at radius 3 is 2.58 bits per heavy atom. The van der Waals surface area contributed by atoms with Crippen molar-refractivity contribution in [1.29, 1.82) is 0 Å². The van der Waals surface area contributed by atoms with E-state index in [2.05, 4.69) is 4.98 Å². The maximum Gasteiger partial charge on any atom is 0.355 e. The Morgan fingerprint density at radius 1 is 1.19 bits per heavy atom. The summed E-state index contributed by atoms with van der Waals surface area (Å²) in [6, 6.07) is 7.55. The molecule has 7 nitrogen and oxygen atoms in total. The smallest absolute Gasteiger partial charge is 0.355 e. The number of esters is 2. The minimum absolute atomic E-state index is 0.0184. The first kappa shape index (κ1) is 18.1. The van der Waals surface area contributed by atoms with E-state index in [-0.39, 0.29) is 24.6 Å². The molecule has 1 aliphatic rings. The summed E-state index contributed by atoms with van der Waals surface area (Å²) in [5.74, 6) is -1.25. The Bertz CT molecular complexity index is 874. The highest BCUT2D eigenvalue weighted by atomic mass is 32.1. The summed E-state index contributed by atoms with van der Waals surface area (Å²) in [6.07, 6.45) is 1.78. The number of carbonyl (C=O) groups is 2. The molecule has 1 aliphatic heterocycles. The van der Waals surface area contributed by atoms with Gasteiger partial charge in [0.05, 0.1) is 42.0 Å². The van der Waals surface area contributed by atoms with Crippen molar-refractivity contribution in [3.63, 3.8) is 0 Å². The van der Waals surface area contributed by atoms with Gasteiger partial charge in [0, 0.05) is 11.8 Å². The second-order valence-electron chi connectivity index (χ2n) is 5.48. The van der Waals surface area contributed by atoms with E-state index in [4.69, 9.17) is 14.2 Å². The van der Waals surface area contributed by atoms with Crippen LogP contribution in [-0.2, 0) is 23.8 Å². The molecule has 1 aromatic carbocycles. The number of aromatic nitrogens is 1. The van der Waals surface area contributed by atoms with Crippen LogP contribution in [-0.4, -0.2) is 44.5 Å². The summed E-state index contributed by atoms with van der Waals surface area (Å²) in [7, 11) is 2.54. The summed E-state index contributed by atoms with van der Waals surface area (Å²) in [6.45, 7) is 2.02.